The smallest absolute Gasteiger partial charge is 0.259 e. The van der Waals surface area contributed by atoms with Gasteiger partial charge in [-0.1, -0.05) is 0 Å². The maximum Gasteiger partial charge on any atom is 0.259 e. The first kappa shape index (κ1) is 23.5. The fourth-order valence-corrected chi connectivity index (χ4v) is 7.34. The van der Waals surface area contributed by atoms with Crippen LogP contribution < -0.4 is 25.7 Å². The number of ether oxygens (including phenoxy) is 1. The molecular formula is C28H36FN5O3. The molecule has 1 aromatic carbocycles. The summed E-state index contributed by atoms with van der Waals surface area (Å²) in [5.41, 5.74) is 0.792. The number of likely N-dealkylation sites (tertiary alicyclic amines) is 1. The highest BCUT2D eigenvalue weighted by Crippen LogP contribution is 2.45. The second-order valence-electron chi connectivity index (χ2n) is 11.7. The third-order valence-electron chi connectivity index (χ3n) is 9.37. The van der Waals surface area contributed by atoms with Crippen molar-refractivity contribution in [2.45, 2.75) is 56.7 Å². The molecule has 9 heteroatoms. The van der Waals surface area contributed by atoms with Crippen LogP contribution in [0.1, 0.15) is 54.9 Å². The molecule has 1 aliphatic carbocycles. The molecule has 1 aromatic heterocycles. The van der Waals surface area contributed by atoms with Crippen LogP contribution >= 0.6 is 0 Å². The van der Waals surface area contributed by atoms with Crippen LogP contribution in [-0.2, 0) is 0 Å². The Bertz CT molecular complexity index is 1280. The van der Waals surface area contributed by atoms with Crippen molar-refractivity contribution in [3.8, 4) is 5.75 Å². The van der Waals surface area contributed by atoms with Gasteiger partial charge in [-0.2, -0.15) is 0 Å². The summed E-state index contributed by atoms with van der Waals surface area (Å²) in [5.74, 6) is 0.632. The maximum atomic E-state index is 15.9. The van der Waals surface area contributed by atoms with Gasteiger partial charge in [0.2, 0.25) is 5.43 Å². The largest absolute Gasteiger partial charge is 0.492 e. The topological polar surface area (TPSA) is 78.8 Å². The Hall–Kier alpha value is -2.65. The maximum absolute atomic E-state index is 15.9. The van der Waals surface area contributed by atoms with E-state index < -0.39 is 11.2 Å². The van der Waals surface area contributed by atoms with Gasteiger partial charge < -0.3 is 29.7 Å². The molecule has 7 rings (SSSR count). The van der Waals surface area contributed by atoms with Gasteiger partial charge in [0.15, 0.2) is 11.6 Å². The normalized spacial score (nSPS) is 29.5. The van der Waals surface area contributed by atoms with E-state index in [1.54, 1.807) is 13.3 Å². The van der Waals surface area contributed by atoms with Crippen molar-refractivity contribution in [1.82, 2.24) is 20.1 Å². The highest BCUT2D eigenvalue weighted by molar-refractivity contribution is 6.00. The van der Waals surface area contributed by atoms with Crippen LogP contribution in [0.5, 0.6) is 5.75 Å². The first-order valence-electron chi connectivity index (χ1n) is 14.0. The Morgan fingerprint density at radius 1 is 1.00 bits per heavy atom. The number of carbonyl (C=O) groups excluding carboxylic acids is 1. The predicted octanol–water partition coefficient (Wildman–Crippen LogP) is 2.50. The third kappa shape index (κ3) is 3.84. The van der Waals surface area contributed by atoms with E-state index in [-0.39, 0.29) is 22.9 Å². The van der Waals surface area contributed by atoms with E-state index in [4.69, 9.17) is 4.74 Å². The van der Waals surface area contributed by atoms with Crippen molar-refractivity contribution in [1.29, 1.82) is 0 Å². The Kier molecular flexibility index (Phi) is 5.69. The lowest BCUT2D eigenvalue weighted by atomic mass is 9.94. The summed E-state index contributed by atoms with van der Waals surface area (Å²) in [6.07, 6.45) is 8.16. The number of anilines is 1. The van der Waals surface area contributed by atoms with Gasteiger partial charge in [0.25, 0.3) is 5.91 Å². The number of aromatic nitrogens is 1. The summed E-state index contributed by atoms with van der Waals surface area (Å²) < 4.78 is 23.8. The minimum absolute atomic E-state index is 0.142. The molecule has 198 valence electrons. The summed E-state index contributed by atoms with van der Waals surface area (Å²) in [7, 11) is 1.55. The molecule has 5 fully saturated rings. The predicted molar refractivity (Wildman–Crippen MR) is 140 cm³/mol. The molecule has 2 aromatic rings. The molecule has 5 aliphatic rings. The van der Waals surface area contributed by atoms with Gasteiger partial charge in [-0.3, -0.25) is 9.59 Å². The number of nitrogens with zero attached hydrogens (tertiary/aromatic N) is 3. The Morgan fingerprint density at radius 2 is 1.70 bits per heavy atom. The molecule has 0 unspecified atom stereocenters. The number of nitrogens with one attached hydrogen (secondary N) is 2. The van der Waals surface area contributed by atoms with Gasteiger partial charge in [0.1, 0.15) is 11.3 Å². The van der Waals surface area contributed by atoms with E-state index in [1.165, 1.54) is 6.07 Å². The average molecular weight is 510 g/mol. The standard InChI is InChI=1S/C28H36FN5O3/c1-37-27-24-19(10-21(29)25(27)32-11-16-4-2-8-30-22(16)14-32)26(35)20(13-34(24)18-6-7-18)28(36)33-12-17-5-3-9-31-23(17)15-33/h10,13,16-18,22-23,30-31H,2-9,11-12,14-15H2,1H3/t16-,17-,22+,23+/m0/s1. The fraction of sp³-hybridized carbons (Fsp3) is 0.643. The summed E-state index contributed by atoms with van der Waals surface area (Å²) in [4.78, 5) is 31.3. The first-order chi connectivity index (χ1) is 18.0. The quantitative estimate of drug-likeness (QED) is 0.660. The molecule has 4 saturated heterocycles. The molecule has 0 bridgehead atoms. The molecule has 37 heavy (non-hydrogen) atoms. The van der Waals surface area contributed by atoms with Crippen LogP contribution in [0, 0.1) is 17.7 Å². The van der Waals surface area contributed by atoms with Crippen LogP contribution in [0.25, 0.3) is 10.9 Å². The molecule has 1 saturated carbocycles. The van der Waals surface area contributed by atoms with Crippen molar-refractivity contribution in [2.75, 3.05) is 51.3 Å². The molecular weight excluding hydrogens is 473 g/mol. The van der Waals surface area contributed by atoms with E-state index in [0.717, 1.165) is 64.7 Å². The lowest BCUT2D eigenvalue weighted by Gasteiger charge is -2.25. The lowest BCUT2D eigenvalue weighted by molar-refractivity contribution is 0.0783. The highest BCUT2D eigenvalue weighted by Gasteiger charge is 2.40. The zero-order chi connectivity index (χ0) is 25.3. The minimum Gasteiger partial charge on any atom is -0.492 e. The number of carbonyl (C=O) groups is 1. The zero-order valence-corrected chi connectivity index (χ0v) is 21.5. The van der Waals surface area contributed by atoms with Gasteiger partial charge >= 0.3 is 0 Å². The average Bonchev–Trinajstić information content (AvgIpc) is 3.51. The van der Waals surface area contributed by atoms with Gasteiger partial charge in [-0.15, -0.1) is 0 Å². The van der Waals surface area contributed by atoms with Crippen molar-refractivity contribution >= 4 is 22.5 Å². The SMILES string of the molecule is COc1c(N2C[C@@H]3CCCN[C@@H]3C2)c(F)cc2c(=O)c(C(=O)N3C[C@@H]4CCCN[C@@H]4C3)cn(C3CC3)c12. The van der Waals surface area contributed by atoms with Crippen molar-refractivity contribution in [3.63, 3.8) is 0 Å². The van der Waals surface area contributed by atoms with Crippen molar-refractivity contribution in [2.24, 2.45) is 11.8 Å². The van der Waals surface area contributed by atoms with Gasteiger partial charge in [0.05, 0.1) is 18.0 Å². The lowest BCUT2D eigenvalue weighted by Crippen LogP contribution is -2.41. The number of fused-ring (bicyclic) bond motifs is 3. The number of hydrogen-bond acceptors (Lipinski definition) is 6. The number of rotatable bonds is 4. The number of methoxy groups -OCH3 is 1. The number of pyridine rings is 1. The van der Waals surface area contributed by atoms with E-state index >= 15 is 4.39 Å². The number of hydrogen-bond donors (Lipinski definition) is 2. The van der Waals surface area contributed by atoms with Crippen LogP contribution in [-0.4, -0.2) is 73.8 Å². The molecule has 0 radical (unpaired) electrons. The molecule has 1 amide bonds. The van der Waals surface area contributed by atoms with Crippen molar-refractivity contribution < 1.29 is 13.9 Å². The second kappa shape index (κ2) is 8.98. The van der Waals surface area contributed by atoms with Crippen molar-refractivity contribution in [3.05, 3.63) is 33.9 Å². The summed E-state index contributed by atoms with van der Waals surface area (Å²) in [6.45, 7) is 4.75. The van der Waals surface area contributed by atoms with Crippen LogP contribution in [0.4, 0.5) is 10.1 Å². The van der Waals surface area contributed by atoms with E-state index in [2.05, 4.69) is 15.5 Å². The molecule has 8 nitrogen and oxygen atoms in total. The van der Waals surface area contributed by atoms with Crippen LogP contribution in [0.15, 0.2) is 17.1 Å². The third-order valence-corrected chi connectivity index (χ3v) is 9.37. The summed E-state index contributed by atoms with van der Waals surface area (Å²) >= 11 is 0. The van der Waals surface area contributed by atoms with Gasteiger partial charge in [-0.05, 0) is 69.5 Å². The first-order valence-corrected chi connectivity index (χ1v) is 14.0. The minimum atomic E-state index is -0.455. The number of halogens is 1. The zero-order valence-electron chi connectivity index (χ0n) is 21.5. The summed E-state index contributed by atoms with van der Waals surface area (Å²) in [6, 6.07) is 2.18. The van der Waals surface area contributed by atoms with E-state index in [9.17, 15) is 9.59 Å². The highest BCUT2D eigenvalue weighted by atomic mass is 19.1. The van der Waals surface area contributed by atoms with Crippen LogP contribution in [0.3, 0.4) is 0 Å². The van der Waals surface area contributed by atoms with Gasteiger partial charge in [-0.25, -0.2) is 4.39 Å². The van der Waals surface area contributed by atoms with E-state index in [1.807, 2.05) is 9.47 Å². The Morgan fingerprint density at radius 3 is 2.35 bits per heavy atom. The molecule has 5 heterocycles. The van der Waals surface area contributed by atoms with E-state index in [0.29, 0.717) is 54.0 Å². The Labute approximate surface area is 216 Å². The van der Waals surface area contributed by atoms with Gasteiger partial charge in [0, 0.05) is 50.5 Å². The summed E-state index contributed by atoms with van der Waals surface area (Å²) in [5, 5.41) is 7.34. The van der Waals surface area contributed by atoms with Crippen LogP contribution in [0.2, 0.25) is 0 Å². The fourth-order valence-electron chi connectivity index (χ4n) is 7.34. The molecule has 4 atom stereocenters. The molecule has 2 N–H and O–H groups in total. The molecule has 0 spiro atoms. The second-order valence-corrected chi connectivity index (χ2v) is 11.7. The number of benzene rings is 1. The Balaban J connectivity index is 1.32. The number of piperidine rings is 2. The molecule has 4 aliphatic heterocycles. The monoisotopic (exact) mass is 509 g/mol. The number of amides is 1.